The molecule has 0 rings (SSSR count). The van der Waals surface area contributed by atoms with Crippen molar-refractivity contribution in [1.29, 1.82) is 0 Å². The number of hydrogen-bond acceptors (Lipinski definition) is 0. The van der Waals surface area contributed by atoms with Gasteiger partial charge in [-0.15, -0.1) is 36.4 Å². The predicted molar refractivity (Wildman–Crippen MR) is 29.8 cm³/mol. The Morgan fingerprint density at radius 1 is 1.00 bits per heavy atom. The van der Waals surface area contributed by atoms with E-state index in [9.17, 15) is 0 Å². The minimum Gasteiger partial charge on any atom is 0 e. The Balaban J connectivity index is 0. The van der Waals surface area contributed by atoms with Gasteiger partial charge in [-0.2, -0.15) is 0 Å². The first kappa shape index (κ1) is 34.1. The molecule has 0 N–H and O–H groups in total. The van der Waals surface area contributed by atoms with E-state index in [0.29, 0.717) is 0 Å². The molecule has 0 aromatic rings. The summed E-state index contributed by atoms with van der Waals surface area (Å²) >= 11 is 0. The Morgan fingerprint density at radius 3 is 1.00 bits per heavy atom. The molecule has 0 atom stereocenters. The molecule has 4 heteroatoms. The van der Waals surface area contributed by atoms with Gasteiger partial charge in [-0.05, 0) is 0 Å². The maximum Gasteiger partial charge on any atom is 0 e. The Hall–Kier alpha value is 2.24. The van der Waals surface area contributed by atoms with Gasteiger partial charge in [-0.1, -0.05) is 0 Å². The minimum absolute atomic E-state index is 0. The summed E-state index contributed by atoms with van der Waals surface area (Å²) in [6.07, 6.45) is 0. The van der Waals surface area contributed by atoms with Crippen molar-refractivity contribution in [2.24, 2.45) is 0 Å². The van der Waals surface area contributed by atoms with Crippen molar-refractivity contribution in [3.05, 3.63) is 0 Å². The average Bonchev–Trinajstić information content (AvgIpc) is 0. The van der Waals surface area contributed by atoms with E-state index in [1.165, 1.54) is 0 Å². The van der Waals surface area contributed by atoms with Crippen LogP contribution in [0.1, 0.15) is 0 Å². The number of hydrogen-bond donors (Lipinski definition) is 0. The summed E-state index contributed by atoms with van der Waals surface area (Å²) in [4.78, 5) is 0. The third kappa shape index (κ3) is 8.87. The van der Waals surface area contributed by atoms with Crippen LogP contribution in [-0.4, -0.2) is 18.9 Å². The largest absolute Gasteiger partial charge is 0 e. The van der Waals surface area contributed by atoms with Crippen molar-refractivity contribution in [2.45, 2.75) is 0 Å². The van der Waals surface area contributed by atoms with E-state index < -0.39 is 0 Å². The van der Waals surface area contributed by atoms with Gasteiger partial charge in [0.15, 0.2) is 0 Å². The number of halogens is 2. The monoisotopic (exact) mass is 236 g/mol. The molecule has 0 heterocycles. The molecule has 0 radical (unpaired) electrons. The van der Waals surface area contributed by atoms with Crippen LogP contribution in [0, 0.1) is 0 Å². The summed E-state index contributed by atoms with van der Waals surface area (Å²) in [5.74, 6) is 0. The van der Waals surface area contributed by atoms with E-state index in [0.717, 1.165) is 0 Å². The van der Waals surface area contributed by atoms with Crippen LogP contribution in [0.4, 0.5) is 0 Å². The smallest absolute Gasteiger partial charge is 0 e. The van der Waals surface area contributed by atoms with Gasteiger partial charge in [-0.3, -0.25) is 0 Å². The van der Waals surface area contributed by atoms with Crippen molar-refractivity contribution in [2.75, 3.05) is 0 Å². The van der Waals surface area contributed by atoms with Gasteiger partial charge >= 0.3 is 18.9 Å². The molecular weight excluding hydrogens is 235 g/mol. The molecule has 0 aromatic carbocycles. The third-order valence-electron chi connectivity index (χ3n) is 0. The number of rotatable bonds is 0. The van der Waals surface area contributed by atoms with Crippen LogP contribution in [0.25, 0.3) is 0 Å². The zero-order valence-corrected chi connectivity index (χ0v) is 7.64. The SMILES string of the molecule is Cl.I.[LiH].[Zn]. The Labute approximate surface area is 73.8 Å². The van der Waals surface area contributed by atoms with Crippen molar-refractivity contribution < 1.29 is 19.5 Å². The molecule has 0 aliphatic carbocycles. The van der Waals surface area contributed by atoms with E-state index in [1.54, 1.807) is 0 Å². The summed E-state index contributed by atoms with van der Waals surface area (Å²) in [5, 5.41) is 0. The van der Waals surface area contributed by atoms with Crippen LogP contribution >= 0.6 is 36.4 Å². The van der Waals surface area contributed by atoms with Gasteiger partial charge in [0.1, 0.15) is 0 Å². The molecule has 0 aliphatic heterocycles. The van der Waals surface area contributed by atoms with E-state index in [1.807, 2.05) is 0 Å². The average molecular weight is 238 g/mol. The first-order chi connectivity index (χ1) is 0. The molecule has 0 unspecified atom stereocenters. The van der Waals surface area contributed by atoms with Crippen molar-refractivity contribution in [1.82, 2.24) is 0 Å². The molecule has 0 bridgehead atoms. The molecule has 0 aliphatic rings. The summed E-state index contributed by atoms with van der Waals surface area (Å²) in [6, 6.07) is 0. The first-order valence-electron chi connectivity index (χ1n) is 0. The molecule has 0 nitrogen and oxygen atoms in total. The van der Waals surface area contributed by atoms with Crippen LogP contribution in [0.3, 0.4) is 0 Å². The van der Waals surface area contributed by atoms with Crippen molar-refractivity contribution in [3.63, 3.8) is 0 Å². The topological polar surface area (TPSA) is 0 Å². The Bertz CT molecular complexity index is 8.00. The van der Waals surface area contributed by atoms with Crippen LogP contribution in [-0.2, 0) is 19.5 Å². The molecule has 0 spiro atoms. The van der Waals surface area contributed by atoms with E-state index in [2.05, 4.69) is 0 Å². The Morgan fingerprint density at radius 2 is 1.00 bits per heavy atom. The van der Waals surface area contributed by atoms with Gasteiger partial charge < -0.3 is 0 Å². The molecular formula is H3ClILiZn. The summed E-state index contributed by atoms with van der Waals surface area (Å²) in [5.41, 5.74) is 0. The van der Waals surface area contributed by atoms with Crippen molar-refractivity contribution in [3.8, 4) is 0 Å². The van der Waals surface area contributed by atoms with Crippen LogP contribution < -0.4 is 0 Å². The second-order valence-electron chi connectivity index (χ2n) is 0. The van der Waals surface area contributed by atoms with Crippen LogP contribution in [0.5, 0.6) is 0 Å². The van der Waals surface area contributed by atoms with Crippen LogP contribution in [0.2, 0.25) is 0 Å². The van der Waals surface area contributed by atoms with Gasteiger partial charge in [0.25, 0.3) is 0 Å². The van der Waals surface area contributed by atoms with Gasteiger partial charge in [0.2, 0.25) is 0 Å². The fourth-order valence-electron chi connectivity index (χ4n) is 0. The summed E-state index contributed by atoms with van der Waals surface area (Å²) in [7, 11) is 0. The van der Waals surface area contributed by atoms with E-state index >= 15 is 0 Å². The summed E-state index contributed by atoms with van der Waals surface area (Å²) < 4.78 is 0. The third-order valence-corrected chi connectivity index (χ3v) is 0. The standard InChI is InChI=1S/ClH.HI.Li.Zn.H/h2*1H;;;. The maximum absolute atomic E-state index is 0. The van der Waals surface area contributed by atoms with Gasteiger partial charge in [0, 0.05) is 19.5 Å². The van der Waals surface area contributed by atoms with Crippen molar-refractivity contribution >= 4 is 55.2 Å². The fraction of sp³-hybridized carbons (Fsp3) is 0. The first-order valence-corrected chi connectivity index (χ1v) is 0. The Kier molecular flexibility index (Phi) is 160. The second kappa shape index (κ2) is 18.8. The molecule has 20 valence electrons. The van der Waals surface area contributed by atoms with E-state index in [-0.39, 0.29) is 74.7 Å². The zero-order chi connectivity index (χ0) is 0. The summed E-state index contributed by atoms with van der Waals surface area (Å²) in [6.45, 7) is 0. The van der Waals surface area contributed by atoms with Crippen LogP contribution in [0.15, 0.2) is 0 Å². The molecule has 0 amide bonds. The maximum atomic E-state index is 0. The fourth-order valence-corrected chi connectivity index (χ4v) is 0. The molecule has 0 fully saturated rings. The van der Waals surface area contributed by atoms with Gasteiger partial charge in [-0.25, -0.2) is 0 Å². The predicted octanol–water partition coefficient (Wildman–Crippen LogP) is 0.389. The quantitative estimate of drug-likeness (QED) is 0.422. The molecule has 0 aromatic heterocycles. The molecule has 4 heavy (non-hydrogen) atoms. The minimum atomic E-state index is 0. The second-order valence-corrected chi connectivity index (χ2v) is 0. The van der Waals surface area contributed by atoms with E-state index in [4.69, 9.17) is 0 Å². The normalized spacial score (nSPS) is 0. The van der Waals surface area contributed by atoms with Gasteiger partial charge in [0.05, 0.1) is 0 Å². The molecule has 0 saturated heterocycles. The zero-order valence-electron chi connectivity index (χ0n) is 1.52. The molecule has 0 saturated carbocycles.